The number of piperazine rings is 2. The number of fused-ring (bicyclic) bond motifs is 4. The van der Waals surface area contributed by atoms with E-state index in [9.17, 15) is 49.2 Å². The molecule has 6 heterocycles. The Morgan fingerprint density at radius 2 is 1.51 bits per heavy atom. The van der Waals surface area contributed by atoms with Crippen LogP contribution in [0.4, 0.5) is 29.3 Å². The second-order valence-electron chi connectivity index (χ2n) is 23.9. The SMILES string of the molecule is CC1(C)CCC(c2ccc(Cl)cc2)=C(CN2CCN(c3ccc(C(=O)NS(=O)(=O)c4ccc(N[C@H](CCN5CC6CCC5CN6Cc5ccc6c(c5)CN(N5CCC(=O)NC5=O)C6=O)CSc5ccccc5)c(S(=O)(=O)C(F)(F)F)c4)cc3)CC2)C1. The molecular weight excluding hydrogens is 1190 g/mol. The van der Waals surface area contributed by atoms with E-state index in [2.05, 4.69) is 56.2 Å². The third-order valence-corrected chi connectivity index (χ3v) is 21.7. The highest BCUT2D eigenvalue weighted by atomic mass is 35.5. The first kappa shape index (κ1) is 61.2. The van der Waals surface area contributed by atoms with Gasteiger partial charge in [0.25, 0.3) is 31.7 Å². The number of sulfonamides is 1. The Balaban J connectivity index is 0.733. The lowest BCUT2D eigenvalue weighted by atomic mass is 9.73. The van der Waals surface area contributed by atoms with E-state index in [0.29, 0.717) is 61.5 Å². The first-order valence-electron chi connectivity index (χ1n) is 29.0. The maximum Gasteiger partial charge on any atom is 0.501 e. The lowest BCUT2D eigenvalue weighted by Crippen LogP contribution is -2.62. The van der Waals surface area contributed by atoms with Gasteiger partial charge in [-0.2, -0.15) is 13.2 Å². The number of amides is 5. The lowest BCUT2D eigenvalue weighted by molar-refractivity contribution is -0.123. The van der Waals surface area contributed by atoms with Crippen LogP contribution in [0.1, 0.15) is 96.2 Å². The lowest BCUT2D eigenvalue weighted by Gasteiger charge is -2.52. The molecule has 5 fully saturated rings. The van der Waals surface area contributed by atoms with E-state index in [0.717, 1.165) is 92.1 Å². The largest absolute Gasteiger partial charge is 0.501 e. The van der Waals surface area contributed by atoms with Crippen LogP contribution in [-0.4, -0.2) is 154 Å². The minimum absolute atomic E-state index is 0.0228. The number of anilines is 2. The number of piperidine rings is 2. The molecule has 5 saturated heterocycles. The van der Waals surface area contributed by atoms with Crippen molar-refractivity contribution in [3.8, 4) is 0 Å². The van der Waals surface area contributed by atoms with Gasteiger partial charge < -0.3 is 10.2 Å². The highest BCUT2D eigenvalue weighted by Gasteiger charge is 2.49. The zero-order valence-corrected chi connectivity index (χ0v) is 51.0. The fourth-order valence-electron chi connectivity index (χ4n) is 12.8. The molecule has 0 radical (unpaired) electrons. The zero-order valence-electron chi connectivity index (χ0n) is 47.8. The smallest absolute Gasteiger partial charge is 0.380 e. The number of imide groups is 1. The number of sulfone groups is 1. The van der Waals surface area contributed by atoms with E-state index in [-0.39, 0.29) is 54.4 Å². The molecule has 5 aromatic carbocycles. The average Bonchev–Trinajstić information content (AvgIpc) is 1.89. The van der Waals surface area contributed by atoms with Crippen molar-refractivity contribution in [3.05, 3.63) is 154 Å². The molecule has 5 amide bonds. The summed E-state index contributed by atoms with van der Waals surface area (Å²) in [4.78, 5) is 59.4. The minimum atomic E-state index is -6.15. The van der Waals surface area contributed by atoms with Crippen LogP contribution in [0.25, 0.3) is 5.57 Å². The molecule has 3 N–H and O–H groups in total. The Morgan fingerprint density at radius 1 is 0.802 bits per heavy atom. The van der Waals surface area contributed by atoms with Crippen LogP contribution in [0.5, 0.6) is 0 Å². The van der Waals surface area contributed by atoms with Gasteiger partial charge in [0, 0.05) is 116 Å². The maximum absolute atomic E-state index is 14.6. The van der Waals surface area contributed by atoms with Crippen molar-refractivity contribution in [2.75, 3.05) is 74.9 Å². The Bertz CT molecular complexity index is 3660. The summed E-state index contributed by atoms with van der Waals surface area (Å²) >= 11 is 7.66. The van der Waals surface area contributed by atoms with E-state index in [4.69, 9.17) is 11.6 Å². The first-order valence-corrected chi connectivity index (χ1v) is 33.3. The number of hydrogen-bond acceptors (Lipinski definition) is 14. The summed E-state index contributed by atoms with van der Waals surface area (Å²) in [5.41, 5.74) is 1.10. The van der Waals surface area contributed by atoms with Gasteiger partial charge >= 0.3 is 11.5 Å². The monoisotopic (exact) mass is 1260 g/mol. The van der Waals surface area contributed by atoms with Crippen molar-refractivity contribution in [1.29, 1.82) is 0 Å². The van der Waals surface area contributed by atoms with E-state index >= 15 is 0 Å². The summed E-state index contributed by atoms with van der Waals surface area (Å²) in [5.74, 6) is -1.42. The Hall–Kier alpha value is -6.47. The van der Waals surface area contributed by atoms with Gasteiger partial charge in [0.15, 0.2) is 0 Å². The molecule has 0 spiro atoms. The number of nitrogens with one attached hydrogen (secondary N) is 3. The number of hydrazine groups is 1. The first-order chi connectivity index (χ1) is 41.0. The van der Waals surface area contributed by atoms with E-state index < -0.39 is 58.8 Å². The van der Waals surface area contributed by atoms with Crippen LogP contribution >= 0.6 is 23.4 Å². The van der Waals surface area contributed by atoms with Gasteiger partial charge in [-0.3, -0.25) is 34.4 Å². The molecule has 6 aliphatic heterocycles. The molecular formula is C62H69ClF3N9O8S3. The summed E-state index contributed by atoms with van der Waals surface area (Å²) in [6, 6.07) is 31.1. The molecule has 0 aromatic heterocycles. The van der Waals surface area contributed by atoms with Crippen LogP contribution in [0.15, 0.2) is 136 Å². The molecule has 2 unspecified atom stereocenters. The second kappa shape index (κ2) is 25.0. The van der Waals surface area contributed by atoms with Gasteiger partial charge in [0.2, 0.25) is 5.91 Å². The number of alkyl halides is 3. The molecule has 3 atom stereocenters. The number of halogens is 4. The summed E-state index contributed by atoms with van der Waals surface area (Å²) in [6.07, 6.45) is 5.46. The number of allylic oxidation sites excluding steroid dienone is 1. The van der Waals surface area contributed by atoms with E-state index in [1.165, 1.54) is 50.6 Å². The highest BCUT2D eigenvalue weighted by Crippen LogP contribution is 2.44. The van der Waals surface area contributed by atoms with Crippen molar-refractivity contribution >= 4 is 83.9 Å². The molecule has 12 rings (SSSR count). The minimum Gasteiger partial charge on any atom is -0.380 e. The summed E-state index contributed by atoms with van der Waals surface area (Å²) in [7, 11) is -11.1. The number of benzene rings is 5. The number of nitrogens with zero attached hydrogens (tertiary/aromatic N) is 6. The molecule has 456 valence electrons. The van der Waals surface area contributed by atoms with Gasteiger partial charge in [-0.1, -0.05) is 73.5 Å². The van der Waals surface area contributed by atoms with Crippen molar-refractivity contribution in [1.82, 2.24) is 34.8 Å². The summed E-state index contributed by atoms with van der Waals surface area (Å²) < 4.78 is 100. The number of rotatable bonds is 19. The Morgan fingerprint density at radius 3 is 2.20 bits per heavy atom. The van der Waals surface area contributed by atoms with Crippen LogP contribution in [0.3, 0.4) is 0 Å². The van der Waals surface area contributed by atoms with E-state index in [1.54, 1.807) is 18.2 Å². The standard InChI is InChI=1S/C62H69ClF3N9O8S3/c1-61(2)25-22-53(42-9-13-46(63)14-10-42)45(34-61)36-70-28-30-71(31-29-70)48-15-11-43(12-16-48)58(77)69-86(82,83)52-19-21-55(56(33-52)85(80,81)62(64,65)66)67-47(40-84-51-6-4-3-5-7-51)23-26-72-38-50-18-17-49(72)39-73(50)35-41-8-20-54-44(32-41)37-75(59(54)78)74-27-24-57(76)68-60(74)79/h3-16,19-21,32-33,47,49-50,67H,17-18,22-31,34-40H2,1-2H3,(H,69,77)(H,68,76,79)/t47-,49?,50?/m1/s1. The van der Waals surface area contributed by atoms with Gasteiger partial charge in [0.1, 0.15) is 4.90 Å². The van der Waals surface area contributed by atoms with Crippen LogP contribution in [0.2, 0.25) is 5.02 Å². The third kappa shape index (κ3) is 13.6. The predicted octanol–water partition coefficient (Wildman–Crippen LogP) is 9.66. The maximum atomic E-state index is 14.6. The summed E-state index contributed by atoms with van der Waals surface area (Å²) in [5, 5.41) is 8.70. The van der Waals surface area contributed by atoms with Gasteiger partial charge in [-0.05, 0) is 139 Å². The molecule has 7 aliphatic rings. The normalized spacial score (nSPS) is 21.0. The second-order valence-corrected chi connectivity index (χ2v) is 29.0. The summed E-state index contributed by atoms with van der Waals surface area (Å²) in [6.45, 7) is 11.4. The third-order valence-electron chi connectivity index (χ3n) is 17.5. The van der Waals surface area contributed by atoms with Crippen molar-refractivity contribution < 1.29 is 49.2 Å². The van der Waals surface area contributed by atoms with Crippen LogP contribution in [-0.2, 0) is 37.7 Å². The number of carbonyl (C=O) groups is 4. The average molecular weight is 1260 g/mol. The Labute approximate surface area is 509 Å². The highest BCUT2D eigenvalue weighted by molar-refractivity contribution is 7.99. The molecule has 0 saturated carbocycles. The molecule has 5 aromatic rings. The molecule has 1 aliphatic carbocycles. The van der Waals surface area contributed by atoms with Crippen molar-refractivity contribution in [3.63, 3.8) is 0 Å². The number of urea groups is 1. The quantitative estimate of drug-likeness (QED) is 0.0662. The van der Waals surface area contributed by atoms with Crippen molar-refractivity contribution in [2.45, 2.75) is 110 Å². The number of carbonyl (C=O) groups excluding carboxylic acids is 4. The van der Waals surface area contributed by atoms with Gasteiger partial charge in [-0.25, -0.2) is 36.4 Å². The van der Waals surface area contributed by atoms with Gasteiger partial charge in [0.05, 0.1) is 23.7 Å². The molecule has 2 bridgehead atoms. The number of thioether (sulfide) groups is 1. The zero-order chi connectivity index (χ0) is 60.7. The van der Waals surface area contributed by atoms with Crippen LogP contribution in [0, 0.1) is 5.41 Å². The molecule has 24 heteroatoms. The van der Waals surface area contributed by atoms with Crippen LogP contribution < -0.4 is 20.3 Å². The van der Waals surface area contributed by atoms with E-state index in [1.807, 2.05) is 59.3 Å². The van der Waals surface area contributed by atoms with Gasteiger partial charge in [-0.15, -0.1) is 11.8 Å². The fourth-order valence-corrected chi connectivity index (χ4v) is 15.9. The van der Waals surface area contributed by atoms with Crippen molar-refractivity contribution in [2.24, 2.45) is 5.41 Å². The number of hydrogen-bond donors (Lipinski definition) is 3. The fraction of sp³-hybridized carbons (Fsp3) is 0.419. The predicted molar refractivity (Wildman–Crippen MR) is 325 cm³/mol. The topological polar surface area (TPSA) is 192 Å². The molecule has 17 nitrogen and oxygen atoms in total. The molecule has 86 heavy (non-hydrogen) atoms. The Kier molecular flexibility index (Phi) is 17.8.